The summed E-state index contributed by atoms with van der Waals surface area (Å²) in [5, 5.41) is 2.74. The van der Waals surface area contributed by atoms with Crippen LogP contribution in [0.25, 0.3) is 11.3 Å². The van der Waals surface area contributed by atoms with Gasteiger partial charge in [0.2, 0.25) is 0 Å². The molecule has 1 saturated heterocycles. The smallest absolute Gasteiger partial charge is 0.269 e. The predicted molar refractivity (Wildman–Crippen MR) is 137 cm³/mol. The number of ether oxygens (including phenoxy) is 1. The summed E-state index contributed by atoms with van der Waals surface area (Å²) < 4.78 is 6.46. The Morgan fingerprint density at radius 2 is 2.00 bits per heavy atom. The van der Waals surface area contributed by atoms with Crippen LogP contribution >= 0.6 is 0 Å². The molecule has 0 unspecified atom stereocenters. The van der Waals surface area contributed by atoms with Crippen LogP contribution in [0.2, 0.25) is 0 Å². The third kappa shape index (κ3) is 5.16. The lowest BCUT2D eigenvalue weighted by Gasteiger charge is -2.33. The number of amides is 2. The number of benzene rings is 1. The van der Waals surface area contributed by atoms with Crippen LogP contribution in [0.3, 0.4) is 0 Å². The molecule has 186 valence electrons. The molecule has 1 atom stereocenters. The zero-order valence-corrected chi connectivity index (χ0v) is 20.3. The van der Waals surface area contributed by atoms with Crippen molar-refractivity contribution in [2.75, 3.05) is 31.4 Å². The molecule has 0 spiro atoms. The molecule has 0 saturated carbocycles. The second-order valence-corrected chi connectivity index (χ2v) is 8.42. The number of likely N-dealkylation sites (tertiary alicyclic amines) is 1. The molecule has 3 aromatic rings. The van der Waals surface area contributed by atoms with Crippen molar-refractivity contribution in [2.24, 2.45) is 5.73 Å². The number of pyridine rings is 1. The normalized spacial score (nSPS) is 15.6. The minimum atomic E-state index is -0.673. The van der Waals surface area contributed by atoms with Gasteiger partial charge in [-0.3, -0.25) is 14.5 Å². The highest BCUT2D eigenvalue weighted by Crippen LogP contribution is 2.33. The first-order chi connectivity index (χ1) is 17.4. The van der Waals surface area contributed by atoms with Crippen molar-refractivity contribution in [3.63, 3.8) is 0 Å². The van der Waals surface area contributed by atoms with E-state index in [-0.39, 0.29) is 17.6 Å². The first-order valence-corrected chi connectivity index (χ1v) is 11.7. The van der Waals surface area contributed by atoms with E-state index in [9.17, 15) is 9.59 Å². The summed E-state index contributed by atoms with van der Waals surface area (Å²) in [7, 11) is 1.54. The number of carbonyl (C=O) groups excluding carboxylic acids is 2. The second kappa shape index (κ2) is 10.9. The number of methoxy groups -OCH3 is 1. The molecular formula is C26H29N7O3. The van der Waals surface area contributed by atoms with E-state index in [2.05, 4.69) is 27.0 Å². The number of rotatable bonds is 7. The van der Waals surface area contributed by atoms with Crippen LogP contribution < -0.4 is 21.6 Å². The first kappa shape index (κ1) is 24.8. The molecule has 1 fully saturated rings. The highest BCUT2D eigenvalue weighted by atomic mass is 16.5. The van der Waals surface area contributed by atoms with Crippen molar-refractivity contribution >= 4 is 17.6 Å². The molecule has 5 N–H and O–H groups in total. The van der Waals surface area contributed by atoms with Gasteiger partial charge in [0.25, 0.3) is 11.8 Å². The van der Waals surface area contributed by atoms with Gasteiger partial charge in [-0.25, -0.2) is 14.6 Å². The summed E-state index contributed by atoms with van der Waals surface area (Å²) in [5.74, 6) is 12.9. The van der Waals surface area contributed by atoms with E-state index in [1.165, 1.54) is 4.68 Å². The predicted octanol–water partition coefficient (Wildman–Crippen LogP) is 2.57. The summed E-state index contributed by atoms with van der Waals surface area (Å²) in [6.45, 7) is 3.28. The number of nitrogens with one attached hydrogen (secondary N) is 1. The fraction of sp³-hybridized carbons (Fsp3) is 0.308. The van der Waals surface area contributed by atoms with Gasteiger partial charge >= 0.3 is 0 Å². The van der Waals surface area contributed by atoms with Crippen molar-refractivity contribution in [1.29, 1.82) is 0 Å². The number of hydrogen-bond acceptors (Lipinski definition) is 7. The monoisotopic (exact) mass is 487 g/mol. The van der Waals surface area contributed by atoms with E-state index in [1.807, 2.05) is 6.92 Å². The number of nitrogens with zero attached hydrogens (tertiary/aromatic N) is 4. The van der Waals surface area contributed by atoms with Gasteiger partial charge in [0.1, 0.15) is 23.1 Å². The molecule has 36 heavy (non-hydrogen) atoms. The molecule has 1 aliphatic rings. The van der Waals surface area contributed by atoms with Crippen molar-refractivity contribution in [3.05, 3.63) is 59.7 Å². The summed E-state index contributed by atoms with van der Waals surface area (Å²) >= 11 is 0. The van der Waals surface area contributed by atoms with Gasteiger partial charge in [-0.05, 0) is 44.5 Å². The molecule has 1 aliphatic heterocycles. The summed E-state index contributed by atoms with van der Waals surface area (Å²) in [5.41, 5.74) is 7.24. The Kier molecular flexibility index (Phi) is 7.51. The molecule has 2 amide bonds. The van der Waals surface area contributed by atoms with E-state index < -0.39 is 5.91 Å². The Morgan fingerprint density at radius 3 is 2.69 bits per heavy atom. The fourth-order valence-electron chi connectivity index (χ4n) is 4.35. The number of hydrogen-bond donors (Lipinski definition) is 3. The zero-order valence-electron chi connectivity index (χ0n) is 20.3. The van der Waals surface area contributed by atoms with Crippen molar-refractivity contribution < 1.29 is 14.3 Å². The Hall–Kier alpha value is -4.36. The SMILES string of the molecule is CC#CCN1CCCC[C@H]1c1nc(-c2ccc(C(=O)Nc3cc(OC)ccn3)cc2)c(C(N)=O)n1N. The Morgan fingerprint density at radius 1 is 1.22 bits per heavy atom. The lowest BCUT2D eigenvalue weighted by atomic mass is 10.0. The zero-order chi connectivity index (χ0) is 25.7. The minimum Gasteiger partial charge on any atom is -0.497 e. The van der Waals surface area contributed by atoms with Crippen LogP contribution in [0.15, 0.2) is 42.6 Å². The van der Waals surface area contributed by atoms with Crippen molar-refractivity contribution in [3.8, 4) is 28.8 Å². The fourth-order valence-corrected chi connectivity index (χ4v) is 4.35. The number of primary amides is 1. The molecule has 3 heterocycles. The molecule has 0 bridgehead atoms. The lowest BCUT2D eigenvalue weighted by molar-refractivity contribution is 0.0990. The minimum absolute atomic E-state index is 0.0723. The quantitative estimate of drug-likeness (QED) is 0.343. The average Bonchev–Trinajstić information content (AvgIpc) is 3.24. The van der Waals surface area contributed by atoms with Gasteiger partial charge in [-0.2, -0.15) is 0 Å². The summed E-state index contributed by atoms with van der Waals surface area (Å²) in [4.78, 5) is 36.2. The van der Waals surface area contributed by atoms with Crippen LogP contribution in [0.4, 0.5) is 5.82 Å². The second-order valence-electron chi connectivity index (χ2n) is 8.42. The maximum atomic E-state index is 12.7. The van der Waals surface area contributed by atoms with Gasteiger partial charge in [0.05, 0.1) is 19.7 Å². The van der Waals surface area contributed by atoms with Gasteiger partial charge in [0.15, 0.2) is 5.69 Å². The Labute approximate surface area is 209 Å². The molecule has 2 aromatic heterocycles. The highest BCUT2D eigenvalue weighted by Gasteiger charge is 2.31. The van der Waals surface area contributed by atoms with E-state index in [0.717, 1.165) is 25.8 Å². The molecule has 0 radical (unpaired) electrons. The average molecular weight is 488 g/mol. The van der Waals surface area contributed by atoms with Crippen LogP contribution in [0.1, 0.15) is 58.9 Å². The topological polar surface area (TPSA) is 141 Å². The standard InChI is InChI=1S/C26H29N7O3/c1-3-4-14-32-15-6-5-7-20(32)25-31-22(23(24(27)34)33(25)28)17-8-10-18(11-9-17)26(35)30-21-16-19(36-2)12-13-29-21/h8-13,16,20H,5-7,14-15,28H2,1-2H3,(H2,27,34)(H,29,30,35)/t20-/m0/s1. The van der Waals surface area contributed by atoms with Crippen molar-refractivity contribution in [2.45, 2.75) is 32.2 Å². The van der Waals surface area contributed by atoms with Gasteiger partial charge in [-0.1, -0.05) is 24.5 Å². The maximum Gasteiger partial charge on any atom is 0.269 e. The van der Waals surface area contributed by atoms with Crippen molar-refractivity contribution in [1.82, 2.24) is 19.5 Å². The highest BCUT2D eigenvalue weighted by molar-refractivity contribution is 6.04. The van der Waals surface area contributed by atoms with Gasteiger partial charge in [0, 0.05) is 23.4 Å². The molecule has 1 aromatic carbocycles. The van der Waals surface area contributed by atoms with Crippen LogP contribution in [0.5, 0.6) is 5.75 Å². The number of nitrogen functional groups attached to an aromatic ring is 1. The van der Waals surface area contributed by atoms with Gasteiger partial charge < -0.3 is 21.6 Å². The van der Waals surface area contributed by atoms with Gasteiger partial charge in [-0.15, -0.1) is 5.92 Å². The number of imidazole rings is 1. The van der Waals surface area contributed by atoms with E-state index in [4.69, 9.17) is 21.3 Å². The molecule has 4 rings (SSSR count). The number of piperidine rings is 1. The van der Waals surface area contributed by atoms with Crippen LogP contribution in [-0.2, 0) is 0 Å². The molecule has 10 heteroatoms. The Bertz CT molecular complexity index is 1320. The number of aromatic nitrogens is 3. The van der Waals surface area contributed by atoms with Crippen LogP contribution in [0, 0.1) is 11.8 Å². The van der Waals surface area contributed by atoms with Crippen LogP contribution in [-0.4, -0.2) is 51.6 Å². The third-order valence-corrected chi connectivity index (χ3v) is 6.17. The van der Waals surface area contributed by atoms with E-state index >= 15 is 0 Å². The summed E-state index contributed by atoms with van der Waals surface area (Å²) in [6, 6.07) is 9.97. The third-order valence-electron chi connectivity index (χ3n) is 6.17. The Balaban J connectivity index is 1.62. The molecular weight excluding hydrogens is 458 g/mol. The first-order valence-electron chi connectivity index (χ1n) is 11.7. The lowest BCUT2D eigenvalue weighted by Crippen LogP contribution is -2.37. The van der Waals surface area contributed by atoms with E-state index in [0.29, 0.717) is 40.8 Å². The maximum absolute atomic E-state index is 12.7. The number of anilines is 1. The largest absolute Gasteiger partial charge is 0.497 e. The molecule has 10 nitrogen and oxygen atoms in total. The van der Waals surface area contributed by atoms with E-state index in [1.54, 1.807) is 49.7 Å². The summed E-state index contributed by atoms with van der Waals surface area (Å²) in [6.07, 6.45) is 4.50. The number of carbonyl (C=O) groups is 2. The molecule has 0 aliphatic carbocycles. The number of nitrogens with two attached hydrogens (primary N) is 2.